The zero-order chi connectivity index (χ0) is 22.6. The molecule has 1 amide bonds. The Morgan fingerprint density at radius 2 is 1.97 bits per heavy atom. The smallest absolute Gasteiger partial charge is 0.416 e. The lowest BCUT2D eigenvalue weighted by Crippen LogP contribution is -2.15. The molecule has 31 heavy (non-hydrogen) atoms. The van der Waals surface area contributed by atoms with Gasteiger partial charge < -0.3 is 14.6 Å². The van der Waals surface area contributed by atoms with Crippen molar-refractivity contribution in [3.05, 3.63) is 63.9 Å². The van der Waals surface area contributed by atoms with Gasteiger partial charge in [-0.2, -0.15) is 13.2 Å². The molecule has 2 aromatic carbocycles. The SMILES string of the molecule is Cn1c(COc2ccc(Cl)cc2Cl)nnc1SCC(=O)Nc1cccc(C(F)(F)F)c1. The minimum absolute atomic E-state index is 0.0623. The van der Waals surface area contributed by atoms with E-state index in [1.54, 1.807) is 29.8 Å². The Hall–Kier alpha value is -2.43. The van der Waals surface area contributed by atoms with E-state index in [2.05, 4.69) is 15.5 Å². The average Bonchev–Trinajstić information content (AvgIpc) is 3.05. The van der Waals surface area contributed by atoms with E-state index in [0.717, 1.165) is 23.9 Å². The van der Waals surface area contributed by atoms with Crippen molar-refractivity contribution in [2.75, 3.05) is 11.1 Å². The van der Waals surface area contributed by atoms with Crippen molar-refractivity contribution in [2.45, 2.75) is 17.9 Å². The van der Waals surface area contributed by atoms with Gasteiger partial charge in [0.2, 0.25) is 5.91 Å². The number of anilines is 1. The quantitative estimate of drug-likeness (QED) is 0.446. The molecule has 0 fully saturated rings. The predicted molar refractivity (Wildman–Crippen MR) is 113 cm³/mol. The summed E-state index contributed by atoms with van der Waals surface area (Å²) in [4.78, 5) is 12.1. The maximum absolute atomic E-state index is 12.8. The monoisotopic (exact) mass is 490 g/mol. The highest BCUT2D eigenvalue weighted by Gasteiger charge is 2.30. The zero-order valence-electron chi connectivity index (χ0n) is 15.9. The summed E-state index contributed by atoms with van der Waals surface area (Å²) in [7, 11) is 1.70. The Bertz CT molecular complexity index is 1090. The van der Waals surface area contributed by atoms with Crippen LogP contribution in [-0.2, 0) is 24.6 Å². The van der Waals surface area contributed by atoms with Crippen LogP contribution in [0.5, 0.6) is 5.75 Å². The third-order valence-electron chi connectivity index (χ3n) is 3.98. The van der Waals surface area contributed by atoms with E-state index in [0.29, 0.717) is 26.8 Å². The summed E-state index contributed by atoms with van der Waals surface area (Å²) in [5.41, 5.74) is -0.774. The molecule has 0 saturated heterocycles. The first-order valence-corrected chi connectivity index (χ1v) is 10.4. The standard InChI is InChI=1S/C19H15Cl2F3N4O2S/c1-28-16(9-30-15-6-5-12(20)8-14(15)21)26-27-18(28)31-10-17(29)25-13-4-2-3-11(7-13)19(22,23)24/h2-8H,9-10H2,1H3,(H,25,29). The first-order chi connectivity index (χ1) is 14.6. The topological polar surface area (TPSA) is 69.0 Å². The van der Waals surface area contributed by atoms with E-state index in [9.17, 15) is 18.0 Å². The molecule has 1 N–H and O–H groups in total. The summed E-state index contributed by atoms with van der Waals surface area (Å²) in [6, 6.07) is 9.26. The van der Waals surface area contributed by atoms with Gasteiger partial charge in [-0.25, -0.2) is 0 Å². The third kappa shape index (κ3) is 6.28. The molecule has 12 heteroatoms. The van der Waals surface area contributed by atoms with Gasteiger partial charge in [-0.3, -0.25) is 4.79 Å². The number of thioether (sulfide) groups is 1. The van der Waals surface area contributed by atoms with Crippen LogP contribution in [0.2, 0.25) is 10.0 Å². The number of ether oxygens (including phenoxy) is 1. The minimum Gasteiger partial charge on any atom is -0.484 e. The molecule has 0 saturated carbocycles. The van der Waals surface area contributed by atoms with Gasteiger partial charge >= 0.3 is 6.18 Å². The van der Waals surface area contributed by atoms with Crippen LogP contribution in [0.15, 0.2) is 47.6 Å². The summed E-state index contributed by atoms with van der Waals surface area (Å²) in [6.07, 6.45) is -4.48. The maximum atomic E-state index is 12.8. The minimum atomic E-state index is -4.48. The van der Waals surface area contributed by atoms with Gasteiger partial charge in [0.25, 0.3) is 0 Å². The Kier molecular flexibility index (Phi) is 7.34. The Balaban J connectivity index is 1.55. The molecule has 1 aromatic heterocycles. The van der Waals surface area contributed by atoms with Crippen LogP contribution in [0, 0.1) is 0 Å². The number of halogens is 5. The number of carbonyl (C=O) groups excluding carboxylic acids is 1. The van der Waals surface area contributed by atoms with Crippen molar-refractivity contribution in [1.29, 1.82) is 0 Å². The van der Waals surface area contributed by atoms with Crippen molar-refractivity contribution >= 4 is 46.6 Å². The highest BCUT2D eigenvalue weighted by Crippen LogP contribution is 2.31. The maximum Gasteiger partial charge on any atom is 0.416 e. The van der Waals surface area contributed by atoms with Crippen LogP contribution in [0.1, 0.15) is 11.4 Å². The number of hydrogen-bond acceptors (Lipinski definition) is 5. The number of nitrogens with zero attached hydrogens (tertiary/aromatic N) is 3. The summed E-state index contributed by atoms with van der Waals surface area (Å²) in [6.45, 7) is 0.0852. The van der Waals surface area contributed by atoms with E-state index in [1.807, 2.05) is 0 Å². The normalized spacial score (nSPS) is 11.4. The average molecular weight is 491 g/mol. The van der Waals surface area contributed by atoms with E-state index in [4.69, 9.17) is 27.9 Å². The molecule has 6 nitrogen and oxygen atoms in total. The summed E-state index contributed by atoms with van der Waals surface area (Å²) >= 11 is 13.0. The van der Waals surface area contributed by atoms with Gasteiger partial charge in [-0.1, -0.05) is 41.0 Å². The molecular formula is C19H15Cl2F3N4O2S. The first-order valence-electron chi connectivity index (χ1n) is 8.69. The molecule has 0 atom stereocenters. The highest BCUT2D eigenvalue weighted by atomic mass is 35.5. The van der Waals surface area contributed by atoms with Crippen LogP contribution in [-0.4, -0.2) is 26.4 Å². The lowest BCUT2D eigenvalue weighted by molar-refractivity contribution is -0.137. The van der Waals surface area contributed by atoms with Gasteiger partial charge in [0.05, 0.1) is 16.3 Å². The van der Waals surface area contributed by atoms with Gasteiger partial charge in [-0.15, -0.1) is 10.2 Å². The van der Waals surface area contributed by atoms with E-state index in [1.165, 1.54) is 12.1 Å². The van der Waals surface area contributed by atoms with E-state index in [-0.39, 0.29) is 18.0 Å². The number of aromatic nitrogens is 3. The second kappa shape index (κ2) is 9.80. The number of amides is 1. The molecule has 0 bridgehead atoms. The second-order valence-electron chi connectivity index (χ2n) is 6.24. The van der Waals surface area contributed by atoms with Gasteiger partial charge in [0, 0.05) is 17.8 Å². The molecule has 1 heterocycles. The van der Waals surface area contributed by atoms with Gasteiger partial charge in [0.1, 0.15) is 12.4 Å². The number of benzene rings is 2. The summed E-state index contributed by atoms with van der Waals surface area (Å²) < 4.78 is 45.6. The molecule has 0 unspecified atom stereocenters. The van der Waals surface area contributed by atoms with Crippen molar-refractivity contribution in [2.24, 2.45) is 7.05 Å². The van der Waals surface area contributed by atoms with Crippen molar-refractivity contribution < 1.29 is 22.7 Å². The molecule has 3 aromatic rings. The number of hydrogen-bond donors (Lipinski definition) is 1. The van der Waals surface area contributed by atoms with E-state index < -0.39 is 17.6 Å². The third-order valence-corrected chi connectivity index (χ3v) is 5.53. The number of alkyl halides is 3. The molecule has 0 aliphatic heterocycles. The molecule has 0 spiro atoms. The Labute approximate surface area is 189 Å². The summed E-state index contributed by atoms with van der Waals surface area (Å²) in [5.74, 6) is 0.389. The predicted octanol–water partition coefficient (Wildman–Crippen LogP) is 5.45. The lowest BCUT2D eigenvalue weighted by atomic mass is 10.2. The first kappa shape index (κ1) is 23.2. The molecule has 0 aliphatic rings. The van der Waals surface area contributed by atoms with Crippen molar-refractivity contribution in [3.63, 3.8) is 0 Å². The van der Waals surface area contributed by atoms with Crippen molar-refractivity contribution in [3.8, 4) is 5.75 Å². The van der Waals surface area contributed by atoms with Crippen LogP contribution in [0.25, 0.3) is 0 Å². The number of rotatable bonds is 7. The fraction of sp³-hybridized carbons (Fsp3) is 0.211. The van der Waals surface area contributed by atoms with Gasteiger partial charge in [-0.05, 0) is 36.4 Å². The van der Waals surface area contributed by atoms with Crippen LogP contribution in [0.4, 0.5) is 18.9 Å². The second-order valence-corrected chi connectivity index (χ2v) is 8.02. The van der Waals surface area contributed by atoms with Crippen molar-refractivity contribution in [1.82, 2.24) is 14.8 Å². The Morgan fingerprint density at radius 3 is 2.68 bits per heavy atom. The van der Waals surface area contributed by atoms with E-state index >= 15 is 0 Å². The molecular weight excluding hydrogens is 476 g/mol. The lowest BCUT2D eigenvalue weighted by Gasteiger charge is -2.10. The Morgan fingerprint density at radius 1 is 1.19 bits per heavy atom. The van der Waals surface area contributed by atoms with Crippen LogP contribution >= 0.6 is 35.0 Å². The number of carbonyl (C=O) groups is 1. The summed E-state index contributed by atoms with van der Waals surface area (Å²) in [5, 5.41) is 11.7. The highest BCUT2D eigenvalue weighted by molar-refractivity contribution is 7.99. The van der Waals surface area contributed by atoms with Crippen LogP contribution in [0.3, 0.4) is 0 Å². The molecule has 0 aliphatic carbocycles. The van der Waals surface area contributed by atoms with Crippen LogP contribution < -0.4 is 10.1 Å². The fourth-order valence-electron chi connectivity index (χ4n) is 2.43. The molecule has 164 valence electrons. The zero-order valence-corrected chi connectivity index (χ0v) is 18.2. The molecule has 0 radical (unpaired) electrons. The van der Waals surface area contributed by atoms with Gasteiger partial charge in [0.15, 0.2) is 11.0 Å². The fourth-order valence-corrected chi connectivity index (χ4v) is 3.62. The number of nitrogens with one attached hydrogen (secondary N) is 1. The largest absolute Gasteiger partial charge is 0.484 e. The molecule has 3 rings (SSSR count).